The number of esters is 1. The largest absolute Gasteiger partial charge is 0.508 e. The maximum Gasteiger partial charge on any atom is 0.309 e. The summed E-state index contributed by atoms with van der Waals surface area (Å²) in [4.78, 5) is 11.6. The summed E-state index contributed by atoms with van der Waals surface area (Å²) in [6.07, 6.45) is 2.79. The summed E-state index contributed by atoms with van der Waals surface area (Å²) in [6, 6.07) is 6.99. The SMILES string of the molecule is CC(Cc1cccc(O)c1)C(=O)OC1CC1. The van der Waals surface area contributed by atoms with E-state index in [9.17, 15) is 9.90 Å². The van der Waals surface area contributed by atoms with E-state index in [1.54, 1.807) is 18.2 Å². The van der Waals surface area contributed by atoms with Crippen molar-refractivity contribution in [1.82, 2.24) is 0 Å². The molecule has 0 saturated heterocycles. The lowest BCUT2D eigenvalue weighted by atomic mass is 10.0. The van der Waals surface area contributed by atoms with Crippen molar-refractivity contribution in [1.29, 1.82) is 0 Å². The lowest BCUT2D eigenvalue weighted by Gasteiger charge is -2.11. The van der Waals surface area contributed by atoms with Gasteiger partial charge in [0.1, 0.15) is 11.9 Å². The van der Waals surface area contributed by atoms with Crippen molar-refractivity contribution in [2.24, 2.45) is 5.92 Å². The Morgan fingerprint density at radius 1 is 1.56 bits per heavy atom. The van der Waals surface area contributed by atoms with Crippen LogP contribution in [0.15, 0.2) is 24.3 Å². The molecular formula is C13H16O3. The Hall–Kier alpha value is -1.51. The lowest BCUT2D eigenvalue weighted by Crippen LogP contribution is -2.17. The zero-order valence-corrected chi connectivity index (χ0v) is 9.35. The quantitative estimate of drug-likeness (QED) is 0.792. The molecule has 0 radical (unpaired) electrons. The van der Waals surface area contributed by atoms with E-state index in [-0.39, 0.29) is 23.7 Å². The second-order valence-electron chi connectivity index (χ2n) is 4.41. The predicted molar refractivity (Wildman–Crippen MR) is 60.1 cm³/mol. The molecule has 3 heteroatoms. The topological polar surface area (TPSA) is 46.5 Å². The number of benzene rings is 1. The molecule has 1 aromatic rings. The van der Waals surface area contributed by atoms with E-state index < -0.39 is 0 Å². The fourth-order valence-electron chi connectivity index (χ4n) is 1.59. The summed E-state index contributed by atoms with van der Waals surface area (Å²) in [5.74, 6) is -0.0477. The first-order valence-corrected chi connectivity index (χ1v) is 5.63. The third kappa shape index (κ3) is 2.99. The second kappa shape index (κ2) is 4.56. The number of ether oxygens (including phenoxy) is 1. The normalized spacial score (nSPS) is 16.8. The van der Waals surface area contributed by atoms with Gasteiger partial charge in [-0.1, -0.05) is 19.1 Å². The van der Waals surface area contributed by atoms with Crippen LogP contribution in [0.3, 0.4) is 0 Å². The van der Waals surface area contributed by atoms with Gasteiger partial charge in [-0.25, -0.2) is 0 Å². The molecule has 2 rings (SSSR count). The van der Waals surface area contributed by atoms with Crippen molar-refractivity contribution in [2.45, 2.75) is 32.3 Å². The first kappa shape index (κ1) is 11.0. The zero-order valence-electron chi connectivity index (χ0n) is 9.35. The Bertz CT molecular complexity index is 383. The number of phenols is 1. The van der Waals surface area contributed by atoms with Gasteiger partial charge in [0.25, 0.3) is 0 Å². The van der Waals surface area contributed by atoms with Gasteiger partial charge in [-0.3, -0.25) is 4.79 Å². The molecule has 0 aliphatic heterocycles. The fraction of sp³-hybridized carbons (Fsp3) is 0.462. The molecule has 1 atom stereocenters. The number of hydrogen-bond acceptors (Lipinski definition) is 3. The van der Waals surface area contributed by atoms with Crippen LogP contribution < -0.4 is 0 Å². The molecule has 1 unspecified atom stereocenters. The van der Waals surface area contributed by atoms with Crippen molar-refractivity contribution < 1.29 is 14.6 Å². The van der Waals surface area contributed by atoms with Crippen LogP contribution in [0.1, 0.15) is 25.3 Å². The summed E-state index contributed by atoms with van der Waals surface area (Å²) >= 11 is 0. The number of carbonyl (C=O) groups is 1. The molecule has 1 aliphatic carbocycles. The third-order valence-corrected chi connectivity index (χ3v) is 2.66. The van der Waals surface area contributed by atoms with Gasteiger partial charge in [-0.2, -0.15) is 0 Å². The van der Waals surface area contributed by atoms with E-state index in [0.717, 1.165) is 18.4 Å². The van der Waals surface area contributed by atoms with Crippen LogP contribution in [0.5, 0.6) is 5.75 Å². The summed E-state index contributed by atoms with van der Waals surface area (Å²) in [6.45, 7) is 1.86. The van der Waals surface area contributed by atoms with Crippen molar-refractivity contribution in [3.05, 3.63) is 29.8 Å². The average Bonchev–Trinajstić information content (AvgIpc) is 3.01. The molecule has 3 nitrogen and oxygen atoms in total. The molecular weight excluding hydrogens is 204 g/mol. The highest BCUT2D eigenvalue weighted by Gasteiger charge is 2.28. The Kier molecular flexibility index (Phi) is 3.13. The van der Waals surface area contributed by atoms with Crippen LogP contribution >= 0.6 is 0 Å². The molecule has 0 heterocycles. The molecule has 1 aromatic carbocycles. The number of phenolic OH excluding ortho intramolecular Hbond substituents is 1. The summed E-state index contributed by atoms with van der Waals surface area (Å²) in [7, 11) is 0. The van der Waals surface area contributed by atoms with Gasteiger partial charge in [-0.15, -0.1) is 0 Å². The van der Waals surface area contributed by atoms with Crippen LogP contribution in [0, 0.1) is 5.92 Å². The minimum Gasteiger partial charge on any atom is -0.508 e. The van der Waals surface area contributed by atoms with Crippen LogP contribution in [0.25, 0.3) is 0 Å². The smallest absolute Gasteiger partial charge is 0.309 e. The van der Waals surface area contributed by atoms with Crippen molar-refractivity contribution >= 4 is 5.97 Å². The molecule has 1 N–H and O–H groups in total. The van der Waals surface area contributed by atoms with Gasteiger partial charge >= 0.3 is 5.97 Å². The molecule has 0 bridgehead atoms. The number of carbonyl (C=O) groups excluding carboxylic acids is 1. The highest BCUT2D eigenvalue weighted by molar-refractivity contribution is 5.72. The highest BCUT2D eigenvalue weighted by Crippen LogP contribution is 2.25. The highest BCUT2D eigenvalue weighted by atomic mass is 16.5. The fourth-order valence-corrected chi connectivity index (χ4v) is 1.59. The van der Waals surface area contributed by atoms with Gasteiger partial charge in [0.2, 0.25) is 0 Å². The van der Waals surface area contributed by atoms with Crippen LogP contribution in [0.4, 0.5) is 0 Å². The van der Waals surface area contributed by atoms with E-state index in [2.05, 4.69) is 0 Å². The predicted octanol–water partition coefficient (Wildman–Crippen LogP) is 2.28. The molecule has 86 valence electrons. The Morgan fingerprint density at radius 2 is 2.31 bits per heavy atom. The molecule has 1 saturated carbocycles. The first-order valence-electron chi connectivity index (χ1n) is 5.63. The zero-order chi connectivity index (χ0) is 11.5. The maximum atomic E-state index is 11.6. The van der Waals surface area contributed by atoms with Crippen molar-refractivity contribution in [3.8, 4) is 5.75 Å². The van der Waals surface area contributed by atoms with Crippen LogP contribution in [-0.2, 0) is 16.0 Å². The van der Waals surface area contributed by atoms with E-state index in [4.69, 9.17) is 4.74 Å². The standard InChI is InChI=1S/C13H16O3/c1-9(13(15)16-12-5-6-12)7-10-3-2-4-11(14)8-10/h2-4,8-9,12,14H,5-7H2,1H3. The van der Waals surface area contributed by atoms with Crippen LogP contribution in [0.2, 0.25) is 0 Å². The van der Waals surface area contributed by atoms with Gasteiger partial charge in [0.15, 0.2) is 0 Å². The average molecular weight is 220 g/mol. The van der Waals surface area contributed by atoms with Gasteiger partial charge in [0, 0.05) is 0 Å². The molecule has 0 aromatic heterocycles. The Balaban J connectivity index is 1.90. The van der Waals surface area contributed by atoms with Gasteiger partial charge in [-0.05, 0) is 37.0 Å². The first-order chi connectivity index (χ1) is 7.65. The van der Waals surface area contributed by atoms with E-state index >= 15 is 0 Å². The molecule has 0 amide bonds. The molecule has 1 fully saturated rings. The second-order valence-corrected chi connectivity index (χ2v) is 4.41. The molecule has 1 aliphatic rings. The maximum absolute atomic E-state index is 11.6. The van der Waals surface area contributed by atoms with Gasteiger partial charge in [0.05, 0.1) is 5.92 Å². The van der Waals surface area contributed by atoms with E-state index in [1.165, 1.54) is 0 Å². The van der Waals surface area contributed by atoms with Crippen molar-refractivity contribution in [2.75, 3.05) is 0 Å². The minimum atomic E-state index is -0.151. The van der Waals surface area contributed by atoms with Crippen LogP contribution in [-0.4, -0.2) is 17.2 Å². The Labute approximate surface area is 95.0 Å². The van der Waals surface area contributed by atoms with Crippen molar-refractivity contribution in [3.63, 3.8) is 0 Å². The summed E-state index contributed by atoms with van der Waals surface area (Å²) in [5, 5.41) is 9.30. The summed E-state index contributed by atoms with van der Waals surface area (Å²) < 4.78 is 5.22. The minimum absolute atomic E-state index is 0.133. The lowest BCUT2D eigenvalue weighted by molar-refractivity contribution is -0.149. The molecule has 0 spiro atoms. The van der Waals surface area contributed by atoms with Gasteiger partial charge < -0.3 is 9.84 Å². The van der Waals surface area contributed by atoms with E-state index in [0.29, 0.717) is 6.42 Å². The number of rotatable bonds is 4. The molecule has 16 heavy (non-hydrogen) atoms. The summed E-state index contributed by atoms with van der Waals surface area (Å²) in [5.41, 5.74) is 0.959. The number of aromatic hydroxyl groups is 1. The van der Waals surface area contributed by atoms with E-state index in [1.807, 2.05) is 13.0 Å². The monoisotopic (exact) mass is 220 g/mol. The third-order valence-electron chi connectivity index (χ3n) is 2.66. The Morgan fingerprint density at radius 3 is 2.94 bits per heavy atom. The number of hydrogen-bond donors (Lipinski definition) is 1.